The van der Waals surface area contributed by atoms with E-state index < -0.39 is 4.92 Å². The summed E-state index contributed by atoms with van der Waals surface area (Å²) in [5, 5.41) is 13.9. The maximum absolute atomic E-state index is 11.0. The number of benzene rings is 1. The lowest BCUT2D eigenvalue weighted by molar-refractivity contribution is -0.386. The van der Waals surface area contributed by atoms with E-state index >= 15 is 0 Å². The summed E-state index contributed by atoms with van der Waals surface area (Å²) < 4.78 is 6.12. The molecule has 2 aromatic rings. The molecular weight excluding hydrogens is 326 g/mol. The number of nitro groups is 1. The molecule has 0 saturated heterocycles. The van der Waals surface area contributed by atoms with Gasteiger partial charge in [-0.05, 0) is 24.3 Å². The number of hydrogen-bond donors (Lipinski definition) is 1. The van der Waals surface area contributed by atoms with Crippen molar-refractivity contribution >= 4 is 27.4 Å². The first-order chi connectivity index (χ1) is 9.60. The Balaban J connectivity index is 2.16. The second-order valence-electron chi connectivity index (χ2n) is 3.92. The first kappa shape index (κ1) is 14.3. The summed E-state index contributed by atoms with van der Waals surface area (Å²) in [6, 6.07) is 10.1. The molecule has 0 bridgehead atoms. The Labute approximate surface area is 124 Å². The van der Waals surface area contributed by atoms with Crippen LogP contribution in [-0.4, -0.2) is 17.0 Å². The fourth-order valence-corrected chi connectivity index (χ4v) is 1.96. The van der Waals surface area contributed by atoms with Gasteiger partial charge in [-0.2, -0.15) is 0 Å². The highest BCUT2D eigenvalue weighted by atomic mass is 79.9. The molecule has 0 atom stereocenters. The summed E-state index contributed by atoms with van der Waals surface area (Å²) in [6.45, 7) is 0.165. The number of ether oxygens (including phenoxy) is 1. The summed E-state index contributed by atoms with van der Waals surface area (Å²) in [5.74, 6) is 0.936. The van der Waals surface area contributed by atoms with E-state index in [-0.39, 0.29) is 18.0 Å². The second-order valence-corrected chi connectivity index (χ2v) is 4.84. The van der Waals surface area contributed by atoms with Gasteiger partial charge >= 0.3 is 5.69 Å². The van der Waals surface area contributed by atoms with Crippen LogP contribution in [0.2, 0.25) is 0 Å². The predicted molar refractivity (Wildman–Crippen MR) is 78.9 cm³/mol. The number of nitro benzene ring substituents is 1. The van der Waals surface area contributed by atoms with E-state index in [0.717, 1.165) is 5.82 Å². The van der Waals surface area contributed by atoms with Crippen molar-refractivity contribution < 1.29 is 9.66 Å². The summed E-state index contributed by atoms with van der Waals surface area (Å²) in [5.41, 5.74) is 0.609. The second kappa shape index (κ2) is 6.33. The Hall–Kier alpha value is -2.15. The van der Waals surface area contributed by atoms with Crippen LogP contribution in [0.25, 0.3) is 0 Å². The van der Waals surface area contributed by atoms with Crippen molar-refractivity contribution in [2.45, 2.75) is 6.61 Å². The van der Waals surface area contributed by atoms with Crippen LogP contribution >= 0.6 is 15.9 Å². The number of halogens is 1. The van der Waals surface area contributed by atoms with Crippen molar-refractivity contribution in [1.29, 1.82) is 0 Å². The van der Waals surface area contributed by atoms with Crippen LogP contribution < -0.4 is 10.1 Å². The van der Waals surface area contributed by atoms with E-state index in [4.69, 9.17) is 4.74 Å². The Morgan fingerprint density at radius 2 is 2.20 bits per heavy atom. The van der Waals surface area contributed by atoms with Gasteiger partial charge in [0.15, 0.2) is 5.75 Å². The minimum atomic E-state index is -0.475. The quantitative estimate of drug-likeness (QED) is 0.668. The van der Waals surface area contributed by atoms with Crippen LogP contribution in [0, 0.1) is 10.1 Å². The van der Waals surface area contributed by atoms with Gasteiger partial charge in [0.2, 0.25) is 0 Å². The van der Waals surface area contributed by atoms with E-state index in [2.05, 4.69) is 26.2 Å². The molecule has 0 fully saturated rings. The molecule has 20 heavy (non-hydrogen) atoms. The third-order valence-electron chi connectivity index (χ3n) is 2.56. The highest BCUT2D eigenvalue weighted by Gasteiger charge is 2.15. The van der Waals surface area contributed by atoms with Crippen LogP contribution in [-0.2, 0) is 6.61 Å². The molecule has 0 aliphatic rings. The van der Waals surface area contributed by atoms with Crippen molar-refractivity contribution in [3.63, 3.8) is 0 Å². The number of anilines is 1. The van der Waals surface area contributed by atoms with Gasteiger partial charge in [0.25, 0.3) is 0 Å². The minimum absolute atomic E-state index is 0.0795. The van der Waals surface area contributed by atoms with Crippen LogP contribution in [0.5, 0.6) is 5.75 Å². The highest BCUT2D eigenvalue weighted by molar-refractivity contribution is 9.10. The maximum atomic E-state index is 11.0. The van der Waals surface area contributed by atoms with Gasteiger partial charge < -0.3 is 10.1 Å². The van der Waals surface area contributed by atoms with Gasteiger partial charge in [0, 0.05) is 17.6 Å². The Morgan fingerprint density at radius 3 is 2.90 bits per heavy atom. The zero-order valence-corrected chi connectivity index (χ0v) is 12.3. The molecule has 0 saturated carbocycles. The molecule has 0 aliphatic heterocycles. The summed E-state index contributed by atoms with van der Waals surface area (Å²) in [4.78, 5) is 14.8. The van der Waals surface area contributed by atoms with Crippen molar-refractivity contribution in [3.8, 4) is 5.75 Å². The third-order valence-corrected chi connectivity index (χ3v) is 3.05. The lowest BCUT2D eigenvalue weighted by atomic mass is 10.3. The van der Waals surface area contributed by atoms with Gasteiger partial charge in [-0.3, -0.25) is 10.1 Å². The molecule has 0 aliphatic carbocycles. The van der Waals surface area contributed by atoms with Gasteiger partial charge in [0.1, 0.15) is 12.4 Å². The first-order valence-corrected chi connectivity index (χ1v) is 6.60. The monoisotopic (exact) mass is 337 g/mol. The molecular formula is C13H12BrN3O3. The third kappa shape index (κ3) is 3.45. The average Bonchev–Trinajstić information content (AvgIpc) is 2.46. The Morgan fingerprint density at radius 1 is 1.40 bits per heavy atom. The maximum Gasteiger partial charge on any atom is 0.312 e. The molecule has 1 N–H and O–H groups in total. The predicted octanol–water partition coefficient (Wildman–Crippen LogP) is 3.37. The van der Waals surface area contributed by atoms with Gasteiger partial charge in [-0.15, -0.1) is 0 Å². The molecule has 1 aromatic heterocycles. The molecule has 104 valence electrons. The molecule has 1 aromatic carbocycles. The smallest absolute Gasteiger partial charge is 0.312 e. The van der Waals surface area contributed by atoms with Crippen molar-refractivity contribution in [2.75, 3.05) is 12.4 Å². The van der Waals surface area contributed by atoms with E-state index in [0.29, 0.717) is 10.2 Å². The van der Waals surface area contributed by atoms with Gasteiger partial charge in [0.05, 0.1) is 10.6 Å². The lowest BCUT2D eigenvalue weighted by Gasteiger charge is -2.07. The fourth-order valence-electron chi connectivity index (χ4n) is 1.61. The SMILES string of the molecule is CNc1cccc(COc2ccc(Br)cc2[N+](=O)[O-])n1. The molecule has 0 radical (unpaired) electrons. The van der Waals surface area contributed by atoms with Gasteiger partial charge in [-0.1, -0.05) is 22.0 Å². The number of rotatable bonds is 5. The molecule has 6 nitrogen and oxygen atoms in total. The topological polar surface area (TPSA) is 77.3 Å². The van der Waals surface area contributed by atoms with Crippen molar-refractivity contribution in [3.05, 3.63) is 56.7 Å². The molecule has 2 rings (SSSR count). The average molecular weight is 338 g/mol. The molecule has 0 unspecified atom stereocenters. The number of hydrogen-bond acceptors (Lipinski definition) is 5. The molecule has 1 heterocycles. The Kier molecular flexibility index (Phi) is 4.52. The van der Waals surface area contributed by atoms with Crippen LogP contribution in [0.4, 0.5) is 11.5 Å². The summed E-state index contributed by atoms with van der Waals surface area (Å²) >= 11 is 3.20. The van der Waals surface area contributed by atoms with Crippen LogP contribution in [0.15, 0.2) is 40.9 Å². The van der Waals surface area contributed by atoms with E-state index in [9.17, 15) is 10.1 Å². The zero-order chi connectivity index (χ0) is 14.5. The van der Waals surface area contributed by atoms with Gasteiger partial charge in [-0.25, -0.2) is 4.98 Å². The molecule has 0 spiro atoms. The summed E-state index contributed by atoms with van der Waals surface area (Å²) in [6.07, 6.45) is 0. The number of nitrogens with zero attached hydrogens (tertiary/aromatic N) is 2. The summed E-state index contributed by atoms with van der Waals surface area (Å²) in [7, 11) is 1.77. The number of aromatic nitrogens is 1. The number of pyridine rings is 1. The highest BCUT2D eigenvalue weighted by Crippen LogP contribution is 2.30. The van der Waals surface area contributed by atoms with E-state index in [1.54, 1.807) is 25.2 Å². The zero-order valence-electron chi connectivity index (χ0n) is 10.7. The van der Waals surface area contributed by atoms with E-state index in [1.165, 1.54) is 6.07 Å². The lowest BCUT2D eigenvalue weighted by Crippen LogP contribution is -2.02. The van der Waals surface area contributed by atoms with Crippen LogP contribution in [0.1, 0.15) is 5.69 Å². The van der Waals surface area contributed by atoms with Crippen molar-refractivity contribution in [2.24, 2.45) is 0 Å². The molecule has 7 heteroatoms. The standard InChI is InChI=1S/C13H12BrN3O3/c1-15-13-4-2-3-10(16-13)8-20-12-6-5-9(14)7-11(12)17(18)19/h2-7H,8H2,1H3,(H,15,16). The first-order valence-electron chi connectivity index (χ1n) is 5.80. The van der Waals surface area contributed by atoms with Crippen LogP contribution in [0.3, 0.4) is 0 Å². The van der Waals surface area contributed by atoms with E-state index in [1.807, 2.05) is 12.1 Å². The minimum Gasteiger partial charge on any atom is -0.480 e. The fraction of sp³-hybridized carbons (Fsp3) is 0.154. The normalized spacial score (nSPS) is 10.1. The van der Waals surface area contributed by atoms with Crippen molar-refractivity contribution in [1.82, 2.24) is 4.98 Å². The Bertz CT molecular complexity index is 634. The number of nitrogens with one attached hydrogen (secondary N) is 1. The molecule has 0 amide bonds. The largest absolute Gasteiger partial charge is 0.480 e.